The van der Waals surface area contributed by atoms with E-state index in [2.05, 4.69) is 0 Å². The van der Waals surface area contributed by atoms with Crippen molar-refractivity contribution in [2.24, 2.45) is 0 Å². The van der Waals surface area contributed by atoms with E-state index >= 15 is 0 Å². The summed E-state index contributed by atoms with van der Waals surface area (Å²) in [4.78, 5) is 0. The van der Waals surface area contributed by atoms with Crippen LogP contribution in [0.15, 0.2) is 36.4 Å². The predicted molar refractivity (Wildman–Crippen MR) is 78.0 cm³/mol. The molecule has 1 N–H and O–H groups in total. The molecule has 0 saturated heterocycles. The van der Waals surface area contributed by atoms with E-state index in [1.54, 1.807) is 13.2 Å². The topological polar surface area (TPSA) is 29.5 Å². The van der Waals surface area contributed by atoms with Gasteiger partial charge in [-0.05, 0) is 60.4 Å². The molecule has 3 heteroatoms. The van der Waals surface area contributed by atoms with Crippen molar-refractivity contribution < 1.29 is 9.84 Å². The molecule has 0 aliphatic heterocycles. The third-order valence-corrected chi connectivity index (χ3v) is 3.37. The number of rotatable bonds is 3. The lowest BCUT2D eigenvalue weighted by atomic mass is 9.96. The molecule has 0 radical (unpaired) electrons. The Kier molecular flexibility index (Phi) is 4.13. The second kappa shape index (κ2) is 5.64. The second-order valence-corrected chi connectivity index (χ2v) is 5.12. The zero-order valence-corrected chi connectivity index (χ0v) is 12.0. The van der Waals surface area contributed by atoms with Gasteiger partial charge in [0.05, 0.1) is 7.11 Å². The van der Waals surface area contributed by atoms with Crippen molar-refractivity contribution in [1.29, 1.82) is 0 Å². The highest BCUT2D eigenvalue weighted by atomic mass is 35.5. The van der Waals surface area contributed by atoms with Gasteiger partial charge in [-0.1, -0.05) is 23.7 Å². The van der Waals surface area contributed by atoms with Gasteiger partial charge in [-0.25, -0.2) is 0 Å². The van der Waals surface area contributed by atoms with Gasteiger partial charge in [0.1, 0.15) is 11.9 Å². The first kappa shape index (κ1) is 13.9. The molecule has 0 aliphatic carbocycles. The lowest BCUT2D eigenvalue weighted by Crippen LogP contribution is -2.02. The van der Waals surface area contributed by atoms with E-state index in [1.807, 2.05) is 44.2 Å². The van der Waals surface area contributed by atoms with Gasteiger partial charge in [-0.15, -0.1) is 0 Å². The summed E-state index contributed by atoms with van der Waals surface area (Å²) >= 11 is 6.04. The van der Waals surface area contributed by atoms with Crippen molar-refractivity contribution >= 4 is 11.6 Å². The van der Waals surface area contributed by atoms with Crippen LogP contribution in [0.4, 0.5) is 0 Å². The molecular weight excluding hydrogens is 260 g/mol. The first-order valence-corrected chi connectivity index (χ1v) is 6.48. The highest BCUT2D eigenvalue weighted by molar-refractivity contribution is 6.30. The maximum absolute atomic E-state index is 10.5. The monoisotopic (exact) mass is 276 g/mol. The summed E-state index contributed by atoms with van der Waals surface area (Å²) in [6, 6.07) is 11.3. The zero-order valence-electron chi connectivity index (χ0n) is 11.3. The largest absolute Gasteiger partial charge is 0.497 e. The number of benzene rings is 2. The zero-order chi connectivity index (χ0) is 14.0. The van der Waals surface area contributed by atoms with Crippen LogP contribution in [0.2, 0.25) is 5.02 Å². The molecule has 0 spiro atoms. The summed E-state index contributed by atoms with van der Waals surface area (Å²) in [5.74, 6) is 0.788. The van der Waals surface area contributed by atoms with Crippen molar-refractivity contribution in [1.82, 2.24) is 0 Å². The van der Waals surface area contributed by atoms with Crippen molar-refractivity contribution in [3.8, 4) is 5.75 Å². The van der Waals surface area contributed by atoms with Crippen molar-refractivity contribution in [2.75, 3.05) is 7.11 Å². The van der Waals surface area contributed by atoms with E-state index in [-0.39, 0.29) is 0 Å². The van der Waals surface area contributed by atoms with Gasteiger partial charge in [0.2, 0.25) is 0 Å². The van der Waals surface area contributed by atoms with Crippen LogP contribution in [0, 0.1) is 13.8 Å². The van der Waals surface area contributed by atoms with Crippen LogP contribution < -0.4 is 4.74 Å². The second-order valence-electron chi connectivity index (χ2n) is 4.69. The molecule has 1 atom stereocenters. The van der Waals surface area contributed by atoms with Crippen molar-refractivity contribution in [3.63, 3.8) is 0 Å². The molecule has 0 aromatic heterocycles. The van der Waals surface area contributed by atoms with Crippen LogP contribution >= 0.6 is 11.6 Å². The van der Waals surface area contributed by atoms with E-state index in [4.69, 9.17) is 16.3 Å². The maximum Gasteiger partial charge on any atom is 0.119 e. The van der Waals surface area contributed by atoms with Crippen molar-refractivity contribution in [3.05, 3.63) is 63.7 Å². The third-order valence-electron chi connectivity index (χ3n) is 3.15. The molecule has 19 heavy (non-hydrogen) atoms. The first-order chi connectivity index (χ1) is 9.01. The van der Waals surface area contributed by atoms with Crippen LogP contribution in [0.5, 0.6) is 5.75 Å². The maximum atomic E-state index is 10.5. The molecule has 100 valence electrons. The molecule has 0 amide bonds. The Morgan fingerprint density at radius 2 is 1.84 bits per heavy atom. The molecular formula is C16H17ClO2. The van der Waals surface area contributed by atoms with E-state index in [1.165, 1.54) is 0 Å². The van der Waals surface area contributed by atoms with Gasteiger partial charge in [0.25, 0.3) is 0 Å². The number of ether oxygens (including phenoxy) is 1. The summed E-state index contributed by atoms with van der Waals surface area (Å²) in [6.45, 7) is 3.92. The molecule has 1 unspecified atom stereocenters. The molecule has 0 heterocycles. The summed E-state index contributed by atoms with van der Waals surface area (Å²) < 4.78 is 5.17. The lowest BCUT2D eigenvalue weighted by Gasteiger charge is -2.16. The number of halogens is 1. The number of hydrogen-bond donors (Lipinski definition) is 1. The predicted octanol–water partition coefficient (Wildman–Crippen LogP) is 4.05. The molecule has 2 rings (SSSR count). The quantitative estimate of drug-likeness (QED) is 0.916. The van der Waals surface area contributed by atoms with Crippen LogP contribution in [0.3, 0.4) is 0 Å². The van der Waals surface area contributed by atoms with Gasteiger partial charge >= 0.3 is 0 Å². The summed E-state index contributed by atoms with van der Waals surface area (Å²) in [5.41, 5.74) is 3.69. The first-order valence-electron chi connectivity index (χ1n) is 6.11. The van der Waals surface area contributed by atoms with Gasteiger partial charge in [-0.2, -0.15) is 0 Å². The molecule has 2 nitrogen and oxygen atoms in total. The van der Waals surface area contributed by atoms with E-state index in [0.717, 1.165) is 28.0 Å². The average molecular weight is 277 g/mol. The SMILES string of the molecule is COc1ccc(C(O)c2cc(C)cc(Cl)c2)c(C)c1. The summed E-state index contributed by atoms with van der Waals surface area (Å²) in [6.07, 6.45) is -0.677. The third kappa shape index (κ3) is 3.09. The Morgan fingerprint density at radius 3 is 2.42 bits per heavy atom. The minimum atomic E-state index is -0.677. The normalized spacial score (nSPS) is 12.3. The minimum absolute atomic E-state index is 0.639. The highest BCUT2D eigenvalue weighted by Crippen LogP contribution is 2.29. The molecule has 0 fully saturated rings. The molecule has 2 aromatic rings. The fourth-order valence-corrected chi connectivity index (χ4v) is 2.48. The Labute approximate surface area is 118 Å². The van der Waals surface area contributed by atoms with Gasteiger partial charge in [0.15, 0.2) is 0 Å². The van der Waals surface area contributed by atoms with Crippen LogP contribution in [0.1, 0.15) is 28.4 Å². The number of aryl methyl sites for hydroxylation is 2. The summed E-state index contributed by atoms with van der Waals surface area (Å²) in [7, 11) is 1.63. The number of aliphatic hydroxyl groups excluding tert-OH is 1. The number of aliphatic hydroxyl groups is 1. The average Bonchev–Trinajstić information content (AvgIpc) is 2.36. The van der Waals surface area contributed by atoms with Crippen molar-refractivity contribution in [2.45, 2.75) is 20.0 Å². The Balaban J connectivity index is 2.40. The fraction of sp³-hybridized carbons (Fsp3) is 0.250. The standard InChI is InChI=1S/C16H17ClO2/c1-10-6-12(9-13(17)7-10)16(18)15-5-4-14(19-3)8-11(15)2/h4-9,16,18H,1-3H3. The molecule has 0 bridgehead atoms. The van der Waals surface area contributed by atoms with Crippen LogP contribution in [-0.4, -0.2) is 12.2 Å². The van der Waals surface area contributed by atoms with E-state index < -0.39 is 6.10 Å². The van der Waals surface area contributed by atoms with Gasteiger partial charge < -0.3 is 9.84 Å². The Hall–Kier alpha value is -1.51. The van der Waals surface area contributed by atoms with Crippen LogP contribution in [-0.2, 0) is 0 Å². The molecule has 0 aliphatic rings. The number of methoxy groups -OCH3 is 1. The van der Waals surface area contributed by atoms with Gasteiger partial charge in [-0.3, -0.25) is 0 Å². The van der Waals surface area contributed by atoms with Crippen LogP contribution in [0.25, 0.3) is 0 Å². The smallest absolute Gasteiger partial charge is 0.119 e. The summed E-state index contributed by atoms with van der Waals surface area (Å²) in [5, 5.41) is 11.1. The lowest BCUT2D eigenvalue weighted by molar-refractivity contribution is 0.219. The highest BCUT2D eigenvalue weighted by Gasteiger charge is 2.14. The van der Waals surface area contributed by atoms with E-state index in [9.17, 15) is 5.11 Å². The minimum Gasteiger partial charge on any atom is -0.497 e. The van der Waals surface area contributed by atoms with E-state index in [0.29, 0.717) is 5.02 Å². The number of hydrogen-bond acceptors (Lipinski definition) is 2. The molecule has 2 aromatic carbocycles. The molecule has 0 saturated carbocycles. The van der Waals surface area contributed by atoms with Gasteiger partial charge in [0, 0.05) is 5.02 Å². The Bertz CT molecular complexity index is 573. The Morgan fingerprint density at radius 1 is 1.11 bits per heavy atom. The fourth-order valence-electron chi connectivity index (χ4n) is 2.18.